The van der Waals surface area contributed by atoms with Crippen molar-refractivity contribution < 1.29 is 14.3 Å². The molecule has 0 unspecified atom stereocenters. The van der Waals surface area contributed by atoms with Gasteiger partial charge in [0.25, 0.3) is 0 Å². The fourth-order valence-corrected chi connectivity index (χ4v) is 3.06. The lowest BCUT2D eigenvalue weighted by atomic mass is 10.1. The van der Waals surface area contributed by atoms with Gasteiger partial charge in [0.05, 0.1) is 16.9 Å². The SMILES string of the molecule is O=C(O)c1ccc(-n2cc(CNc3cccc(F)c3)c(-c3ccccc3)n2)cc1. The van der Waals surface area contributed by atoms with Gasteiger partial charge in [-0.15, -0.1) is 0 Å². The molecule has 0 spiro atoms. The predicted molar refractivity (Wildman–Crippen MR) is 110 cm³/mol. The van der Waals surface area contributed by atoms with Crippen LogP contribution in [0.4, 0.5) is 10.1 Å². The Morgan fingerprint density at radius 2 is 1.76 bits per heavy atom. The van der Waals surface area contributed by atoms with E-state index >= 15 is 0 Å². The zero-order chi connectivity index (χ0) is 20.2. The lowest BCUT2D eigenvalue weighted by molar-refractivity contribution is 0.0697. The molecule has 0 amide bonds. The number of anilines is 1. The number of aromatic carboxylic acids is 1. The molecule has 6 heteroatoms. The maximum absolute atomic E-state index is 13.5. The van der Waals surface area contributed by atoms with Gasteiger partial charge in [-0.2, -0.15) is 5.10 Å². The number of hydrogen-bond donors (Lipinski definition) is 2. The highest BCUT2D eigenvalue weighted by Crippen LogP contribution is 2.25. The molecule has 1 heterocycles. The molecule has 0 saturated carbocycles. The minimum atomic E-state index is -0.970. The summed E-state index contributed by atoms with van der Waals surface area (Å²) in [5, 5.41) is 17.0. The zero-order valence-electron chi connectivity index (χ0n) is 15.4. The van der Waals surface area contributed by atoms with Crippen LogP contribution in [0.3, 0.4) is 0 Å². The quantitative estimate of drug-likeness (QED) is 0.489. The van der Waals surface area contributed by atoms with Gasteiger partial charge >= 0.3 is 5.97 Å². The number of carboxylic acid groups (broad SMARTS) is 1. The molecular weight excluding hydrogens is 369 g/mol. The van der Waals surface area contributed by atoms with Crippen LogP contribution in [0.2, 0.25) is 0 Å². The monoisotopic (exact) mass is 387 g/mol. The molecular formula is C23H18FN3O2. The van der Waals surface area contributed by atoms with Crippen LogP contribution in [0.5, 0.6) is 0 Å². The van der Waals surface area contributed by atoms with E-state index in [1.165, 1.54) is 12.1 Å². The van der Waals surface area contributed by atoms with Crippen molar-refractivity contribution in [3.8, 4) is 16.9 Å². The van der Waals surface area contributed by atoms with Gasteiger partial charge in [0.2, 0.25) is 0 Å². The van der Waals surface area contributed by atoms with E-state index in [1.807, 2.05) is 36.5 Å². The molecule has 0 aliphatic carbocycles. The largest absolute Gasteiger partial charge is 0.478 e. The zero-order valence-corrected chi connectivity index (χ0v) is 15.4. The molecule has 4 aromatic rings. The van der Waals surface area contributed by atoms with Crippen LogP contribution in [-0.4, -0.2) is 20.9 Å². The second-order valence-corrected chi connectivity index (χ2v) is 6.53. The van der Waals surface area contributed by atoms with Crippen molar-refractivity contribution in [1.82, 2.24) is 9.78 Å². The first-order valence-electron chi connectivity index (χ1n) is 9.07. The molecule has 0 saturated heterocycles. The van der Waals surface area contributed by atoms with Gasteiger partial charge in [-0.25, -0.2) is 13.9 Å². The fraction of sp³-hybridized carbons (Fsp3) is 0.0435. The minimum Gasteiger partial charge on any atom is -0.478 e. The van der Waals surface area contributed by atoms with E-state index in [0.29, 0.717) is 12.2 Å². The number of halogens is 1. The highest BCUT2D eigenvalue weighted by Gasteiger charge is 2.13. The molecule has 2 N–H and O–H groups in total. The van der Waals surface area contributed by atoms with Crippen molar-refractivity contribution in [2.75, 3.05) is 5.32 Å². The van der Waals surface area contributed by atoms with Gasteiger partial charge in [0, 0.05) is 29.6 Å². The van der Waals surface area contributed by atoms with Crippen LogP contribution in [0.25, 0.3) is 16.9 Å². The smallest absolute Gasteiger partial charge is 0.335 e. The van der Waals surface area contributed by atoms with Crippen LogP contribution in [0, 0.1) is 5.82 Å². The third kappa shape index (κ3) is 4.16. The average molecular weight is 387 g/mol. The van der Waals surface area contributed by atoms with E-state index < -0.39 is 5.97 Å². The van der Waals surface area contributed by atoms with Crippen molar-refractivity contribution >= 4 is 11.7 Å². The maximum Gasteiger partial charge on any atom is 0.335 e. The lowest BCUT2D eigenvalue weighted by Crippen LogP contribution is -2.00. The first kappa shape index (κ1) is 18.4. The van der Waals surface area contributed by atoms with Crippen molar-refractivity contribution in [2.24, 2.45) is 0 Å². The van der Waals surface area contributed by atoms with Crippen molar-refractivity contribution in [3.05, 3.63) is 102 Å². The summed E-state index contributed by atoms with van der Waals surface area (Å²) in [5.74, 6) is -1.27. The fourth-order valence-electron chi connectivity index (χ4n) is 3.06. The van der Waals surface area contributed by atoms with E-state index in [9.17, 15) is 9.18 Å². The molecule has 0 bridgehead atoms. The molecule has 29 heavy (non-hydrogen) atoms. The molecule has 0 aliphatic rings. The van der Waals surface area contributed by atoms with Crippen LogP contribution in [-0.2, 0) is 6.54 Å². The molecule has 0 radical (unpaired) electrons. The van der Waals surface area contributed by atoms with Gasteiger partial charge in [0.1, 0.15) is 5.82 Å². The van der Waals surface area contributed by atoms with Gasteiger partial charge in [-0.1, -0.05) is 36.4 Å². The van der Waals surface area contributed by atoms with Crippen molar-refractivity contribution in [1.29, 1.82) is 0 Å². The summed E-state index contributed by atoms with van der Waals surface area (Å²) >= 11 is 0. The third-order valence-corrected chi connectivity index (χ3v) is 4.52. The number of nitrogens with one attached hydrogen (secondary N) is 1. The molecule has 144 valence electrons. The van der Waals surface area contributed by atoms with E-state index in [4.69, 9.17) is 10.2 Å². The summed E-state index contributed by atoms with van der Waals surface area (Å²) in [7, 11) is 0. The predicted octanol–water partition coefficient (Wildman–Crippen LogP) is 4.99. The molecule has 4 rings (SSSR count). The summed E-state index contributed by atoms with van der Waals surface area (Å²) in [6.07, 6.45) is 1.89. The van der Waals surface area contributed by atoms with Crippen LogP contribution in [0.1, 0.15) is 15.9 Å². The Kier molecular flexibility index (Phi) is 5.07. The highest BCUT2D eigenvalue weighted by atomic mass is 19.1. The molecule has 1 aromatic heterocycles. The number of carboxylic acids is 1. The van der Waals surface area contributed by atoms with Gasteiger partial charge in [0.15, 0.2) is 0 Å². The van der Waals surface area contributed by atoms with Crippen LogP contribution < -0.4 is 5.32 Å². The Morgan fingerprint density at radius 3 is 2.45 bits per heavy atom. The van der Waals surface area contributed by atoms with E-state index in [-0.39, 0.29) is 11.4 Å². The van der Waals surface area contributed by atoms with Crippen molar-refractivity contribution in [2.45, 2.75) is 6.54 Å². The number of benzene rings is 3. The maximum atomic E-state index is 13.5. The molecule has 0 fully saturated rings. The van der Waals surface area contributed by atoms with E-state index in [2.05, 4.69) is 5.32 Å². The minimum absolute atomic E-state index is 0.220. The molecule has 5 nitrogen and oxygen atoms in total. The second kappa shape index (κ2) is 7.98. The summed E-state index contributed by atoms with van der Waals surface area (Å²) in [5.41, 5.74) is 4.35. The van der Waals surface area contributed by atoms with Crippen molar-refractivity contribution in [3.63, 3.8) is 0 Å². The lowest BCUT2D eigenvalue weighted by Gasteiger charge is -2.06. The van der Waals surface area contributed by atoms with E-state index in [0.717, 1.165) is 22.5 Å². The summed E-state index contributed by atoms with van der Waals surface area (Å²) in [6.45, 7) is 0.459. The number of aromatic nitrogens is 2. The average Bonchev–Trinajstić information content (AvgIpc) is 3.17. The summed E-state index contributed by atoms with van der Waals surface area (Å²) in [4.78, 5) is 11.1. The Bertz CT molecular complexity index is 1140. The topological polar surface area (TPSA) is 67.2 Å². The van der Waals surface area contributed by atoms with Crippen LogP contribution >= 0.6 is 0 Å². The Balaban J connectivity index is 1.68. The number of nitrogens with zero attached hydrogens (tertiary/aromatic N) is 2. The summed E-state index contributed by atoms with van der Waals surface area (Å²) in [6, 6.07) is 22.6. The Labute approximate surface area is 167 Å². The summed E-state index contributed by atoms with van der Waals surface area (Å²) < 4.78 is 15.2. The second-order valence-electron chi connectivity index (χ2n) is 6.53. The first-order valence-corrected chi connectivity index (χ1v) is 9.07. The normalized spacial score (nSPS) is 10.7. The highest BCUT2D eigenvalue weighted by molar-refractivity contribution is 5.87. The van der Waals surface area contributed by atoms with Gasteiger partial charge < -0.3 is 10.4 Å². The van der Waals surface area contributed by atoms with Gasteiger partial charge in [-0.05, 0) is 42.5 Å². The third-order valence-electron chi connectivity index (χ3n) is 4.52. The molecule has 0 aliphatic heterocycles. The number of hydrogen-bond acceptors (Lipinski definition) is 3. The van der Waals surface area contributed by atoms with Crippen LogP contribution in [0.15, 0.2) is 85.1 Å². The Morgan fingerprint density at radius 1 is 1.00 bits per heavy atom. The standard InChI is InChI=1S/C23H18FN3O2/c24-19-7-4-8-20(13-19)25-14-18-15-27(21-11-9-17(10-12-21)23(28)29)26-22(18)16-5-2-1-3-6-16/h1-13,15,25H,14H2,(H,28,29). The molecule has 0 atom stereocenters. The van der Waals surface area contributed by atoms with Gasteiger partial charge in [-0.3, -0.25) is 0 Å². The number of rotatable bonds is 6. The first-order chi connectivity index (χ1) is 14.1. The van der Waals surface area contributed by atoms with E-state index in [1.54, 1.807) is 41.1 Å². The molecule has 3 aromatic carbocycles. The Hall–Kier alpha value is -3.93. The number of carbonyl (C=O) groups is 1.